The Labute approximate surface area is 125 Å². The fourth-order valence-corrected chi connectivity index (χ4v) is 2.81. The van der Waals surface area contributed by atoms with E-state index >= 15 is 0 Å². The van der Waals surface area contributed by atoms with E-state index in [0.717, 1.165) is 0 Å². The fraction of sp³-hybridized carbons (Fsp3) is 0.733. The van der Waals surface area contributed by atoms with Crippen molar-refractivity contribution in [2.75, 3.05) is 0 Å². The third-order valence-corrected chi connectivity index (χ3v) is 3.46. The van der Waals surface area contributed by atoms with Gasteiger partial charge in [-0.2, -0.15) is 0 Å². The Bertz CT molecular complexity index is 427. The Hall–Kier alpha value is -1.40. The summed E-state index contributed by atoms with van der Waals surface area (Å²) in [5, 5.41) is 0. The van der Waals surface area contributed by atoms with E-state index in [9.17, 15) is 9.59 Å². The molecule has 2 fully saturated rings. The lowest BCUT2D eigenvalue weighted by molar-refractivity contribution is -0.164. The van der Waals surface area contributed by atoms with Crippen molar-refractivity contribution in [1.29, 1.82) is 0 Å². The molecular weight excluding hydrogens is 274 g/mol. The van der Waals surface area contributed by atoms with Crippen LogP contribution in [-0.2, 0) is 19.0 Å². The molecule has 6 heteroatoms. The first-order chi connectivity index (χ1) is 9.59. The van der Waals surface area contributed by atoms with Gasteiger partial charge in [0.15, 0.2) is 5.79 Å². The highest BCUT2D eigenvalue weighted by Crippen LogP contribution is 2.40. The molecule has 4 atom stereocenters. The summed E-state index contributed by atoms with van der Waals surface area (Å²) in [4.78, 5) is 25.2. The molecule has 0 aromatic heterocycles. The molecule has 6 nitrogen and oxygen atoms in total. The van der Waals surface area contributed by atoms with E-state index in [1.54, 1.807) is 40.7 Å². The van der Waals surface area contributed by atoms with Crippen LogP contribution >= 0.6 is 0 Å². The van der Waals surface area contributed by atoms with Gasteiger partial charge in [-0.25, -0.2) is 4.79 Å². The molecule has 0 radical (unpaired) electrons. The van der Waals surface area contributed by atoms with Crippen molar-refractivity contribution in [1.82, 2.24) is 4.90 Å². The molecular formula is C15H23NO5. The third-order valence-electron chi connectivity index (χ3n) is 3.46. The van der Waals surface area contributed by atoms with Crippen LogP contribution in [-0.4, -0.2) is 53.0 Å². The molecule has 0 aromatic carbocycles. The zero-order valence-electron chi connectivity index (χ0n) is 13.2. The van der Waals surface area contributed by atoms with E-state index in [2.05, 4.69) is 6.58 Å². The smallest absolute Gasteiger partial charge is 0.411 e. The molecule has 118 valence electrons. The van der Waals surface area contributed by atoms with Crippen LogP contribution in [0.15, 0.2) is 12.7 Å². The predicted molar refractivity (Wildman–Crippen MR) is 75.7 cm³/mol. The average molecular weight is 297 g/mol. The van der Waals surface area contributed by atoms with Crippen molar-refractivity contribution in [2.45, 2.75) is 70.3 Å². The standard InChI is InChI=1S/C15H23NO5/c1-7-9-11-12(20-15(5,6)19-11)10(8-17)16(9)13(18)21-14(2,3)4/h7-12H,1H2,2-6H3/t9-,10+,11-,12+/m1/s1. The second-order valence-corrected chi connectivity index (χ2v) is 6.81. The van der Waals surface area contributed by atoms with Crippen molar-refractivity contribution in [3.05, 3.63) is 12.7 Å². The molecule has 2 saturated heterocycles. The minimum atomic E-state index is -0.780. The molecule has 0 aliphatic carbocycles. The van der Waals surface area contributed by atoms with Crippen molar-refractivity contribution in [2.24, 2.45) is 0 Å². The molecule has 2 aliphatic heterocycles. The number of hydrogen-bond acceptors (Lipinski definition) is 5. The maximum atomic E-state index is 12.4. The lowest BCUT2D eigenvalue weighted by Crippen LogP contribution is -2.48. The highest BCUT2D eigenvalue weighted by Gasteiger charge is 2.59. The number of rotatable bonds is 2. The summed E-state index contributed by atoms with van der Waals surface area (Å²) in [5.74, 6) is -0.780. The van der Waals surface area contributed by atoms with Crippen molar-refractivity contribution < 1.29 is 23.8 Å². The summed E-state index contributed by atoms with van der Waals surface area (Å²) in [6.45, 7) is 12.6. The molecule has 1 amide bonds. The van der Waals surface area contributed by atoms with Gasteiger partial charge in [0.1, 0.15) is 30.1 Å². The van der Waals surface area contributed by atoms with Gasteiger partial charge in [0.05, 0.1) is 6.04 Å². The van der Waals surface area contributed by atoms with Crippen LogP contribution < -0.4 is 0 Å². The highest BCUT2D eigenvalue weighted by molar-refractivity contribution is 5.76. The third kappa shape index (κ3) is 2.96. The molecule has 0 spiro atoms. The Morgan fingerprint density at radius 2 is 1.76 bits per heavy atom. The number of carbonyl (C=O) groups excluding carboxylic acids is 2. The molecule has 2 heterocycles. The number of nitrogens with zero attached hydrogens (tertiary/aromatic N) is 1. The SMILES string of the molecule is C=C[C@@H]1[C@H]2OC(C)(C)O[C@H]2[C@H](C=O)N1C(=O)OC(C)(C)C. The lowest BCUT2D eigenvalue weighted by atomic mass is 10.1. The van der Waals surface area contributed by atoms with Crippen LogP contribution in [0.1, 0.15) is 34.6 Å². The van der Waals surface area contributed by atoms with Crippen LogP contribution in [0.4, 0.5) is 4.79 Å². The largest absolute Gasteiger partial charge is 0.444 e. The summed E-state index contributed by atoms with van der Waals surface area (Å²) >= 11 is 0. The summed E-state index contributed by atoms with van der Waals surface area (Å²) in [6, 6.07) is -1.20. The lowest BCUT2D eigenvalue weighted by Gasteiger charge is -2.32. The molecule has 0 N–H and O–H groups in total. The van der Waals surface area contributed by atoms with E-state index in [0.29, 0.717) is 6.29 Å². The number of aldehydes is 1. The summed E-state index contributed by atoms with van der Waals surface area (Å²) in [7, 11) is 0. The van der Waals surface area contributed by atoms with Gasteiger partial charge in [0.25, 0.3) is 0 Å². The van der Waals surface area contributed by atoms with Crippen LogP contribution in [0.25, 0.3) is 0 Å². The number of carbonyl (C=O) groups is 2. The Balaban J connectivity index is 2.28. The Morgan fingerprint density at radius 1 is 1.24 bits per heavy atom. The van der Waals surface area contributed by atoms with Crippen molar-refractivity contribution >= 4 is 12.4 Å². The van der Waals surface area contributed by atoms with Gasteiger partial charge < -0.3 is 19.0 Å². The van der Waals surface area contributed by atoms with E-state index in [1.807, 2.05) is 0 Å². The monoisotopic (exact) mass is 297 g/mol. The number of fused-ring (bicyclic) bond motifs is 1. The van der Waals surface area contributed by atoms with E-state index in [-0.39, 0.29) is 0 Å². The average Bonchev–Trinajstić information content (AvgIpc) is 2.76. The van der Waals surface area contributed by atoms with Crippen molar-refractivity contribution in [3.63, 3.8) is 0 Å². The highest BCUT2D eigenvalue weighted by atomic mass is 16.8. The van der Waals surface area contributed by atoms with Crippen LogP contribution in [0, 0.1) is 0 Å². The fourth-order valence-electron chi connectivity index (χ4n) is 2.81. The summed E-state index contributed by atoms with van der Waals surface area (Å²) < 4.78 is 17.0. The molecule has 2 rings (SSSR count). The quantitative estimate of drug-likeness (QED) is 0.575. The Morgan fingerprint density at radius 3 is 2.19 bits per heavy atom. The summed E-state index contributed by atoms with van der Waals surface area (Å²) in [6.07, 6.45) is 0.809. The van der Waals surface area contributed by atoms with Crippen LogP contribution in [0.5, 0.6) is 0 Å². The molecule has 21 heavy (non-hydrogen) atoms. The predicted octanol–water partition coefficient (Wildman–Crippen LogP) is 1.88. The zero-order valence-corrected chi connectivity index (χ0v) is 13.2. The topological polar surface area (TPSA) is 65.1 Å². The van der Waals surface area contributed by atoms with Crippen molar-refractivity contribution in [3.8, 4) is 0 Å². The van der Waals surface area contributed by atoms with Gasteiger partial charge in [0.2, 0.25) is 0 Å². The van der Waals surface area contributed by atoms with Gasteiger partial charge in [-0.15, -0.1) is 6.58 Å². The molecule has 0 aromatic rings. The number of likely N-dealkylation sites (tertiary alicyclic amines) is 1. The van der Waals surface area contributed by atoms with Gasteiger partial charge >= 0.3 is 6.09 Å². The van der Waals surface area contributed by atoms with Gasteiger partial charge in [-0.3, -0.25) is 4.90 Å². The first-order valence-corrected chi connectivity index (χ1v) is 7.04. The van der Waals surface area contributed by atoms with E-state index in [4.69, 9.17) is 14.2 Å². The zero-order chi connectivity index (χ0) is 16.0. The van der Waals surface area contributed by atoms with Gasteiger partial charge in [-0.05, 0) is 34.6 Å². The van der Waals surface area contributed by atoms with Crippen LogP contribution in [0.2, 0.25) is 0 Å². The maximum absolute atomic E-state index is 12.4. The maximum Gasteiger partial charge on any atom is 0.411 e. The van der Waals surface area contributed by atoms with Gasteiger partial charge in [0, 0.05) is 0 Å². The molecule has 0 unspecified atom stereocenters. The Kier molecular flexibility index (Phi) is 3.88. The molecule has 0 bridgehead atoms. The van der Waals surface area contributed by atoms with Crippen LogP contribution in [0.3, 0.4) is 0 Å². The number of ether oxygens (including phenoxy) is 3. The molecule has 2 aliphatic rings. The minimum absolute atomic E-state index is 0.416. The van der Waals surface area contributed by atoms with E-state index in [1.165, 1.54) is 4.90 Å². The number of hydrogen-bond donors (Lipinski definition) is 0. The first-order valence-electron chi connectivity index (χ1n) is 7.04. The molecule has 0 saturated carbocycles. The second-order valence-electron chi connectivity index (χ2n) is 6.81. The first kappa shape index (κ1) is 16.0. The van der Waals surface area contributed by atoms with Gasteiger partial charge in [-0.1, -0.05) is 6.08 Å². The second kappa shape index (κ2) is 5.10. The number of amides is 1. The minimum Gasteiger partial charge on any atom is -0.444 e. The van der Waals surface area contributed by atoms with E-state index < -0.39 is 41.8 Å². The normalized spacial score (nSPS) is 34.4. The summed E-state index contributed by atoms with van der Waals surface area (Å²) in [5.41, 5.74) is -0.644.